The summed E-state index contributed by atoms with van der Waals surface area (Å²) in [6.45, 7) is 5.01. The largest absolute Gasteiger partial charge is 0.337 e. The van der Waals surface area contributed by atoms with Crippen LogP contribution in [0.5, 0.6) is 0 Å². The second-order valence-corrected chi connectivity index (χ2v) is 5.56. The van der Waals surface area contributed by atoms with Gasteiger partial charge in [-0.15, -0.1) is 5.10 Å². The lowest BCUT2D eigenvalue weighted by Gasteiger charge is -2.30. The first-order valence-electron chi connectivity index (χ1n) is 6.85. The third-order valence-electron chi connectivity index (χ3n) is 3.49. The summed E-state index contributed by atoms with van der Waals surface area (Å²) >= 11 is 6.17. The summed E-state index contributed by atoms with van der Waals surface area (Å²) in [5, 5.41) is 11.5. The number of hydrogen-bond donors (Lipinski definition) is 2. The van der Waals surface area contributed by atoms with E-state index in [1.54, 1.807) is 0 Å². The van der Waals surface area contributed by atoms with Gasteiger partial charge in [0, 0.05) is 37.1 Å². The van der Waals surface area contributed by atoms with Crippen molar-refractivity contribution in [3.05, 3.63) is 40.7 Å². The zero-order valence-electron chi connectivity index (χ0n) is 11.4. The van der Waals surface area contributed by atoms with Gasteiger partial charge >= 0.3 is 0 Å². The average molecular weight is 292 g/mol. The van der Waals surface area contributed by atoms with Gasteiger partial charge in [0.25, 0.3) is 0 Å². The van der Waals surface area contributed by atoms with Crippen LogP contribution in [-0.2, 0) is 6.42 Å². The number of benzene rings is 1. The maximum atomic E-state index is 6.17. The Bertz CT molecular complexity index is 582. The van der Waals surface area contributed by atoms with Crippen LogP contribution in [0.25, 0.3) is 0 Å². The topological polar surface area (TPSA) is 56.8 Å². The molecule has 5 nitrogen and oxygen atoms in total. The van der Waals surface area contributed by atoms with Gasteiger partial charge in [0.1, 0.15) is 5.82 Å². The smallest absolute Gasteiger partial charge is 0.244 e. The molecule has 1 fully saturated rings. The predicted octanol–water partition coefficient (Wildman–Crippen LogP) is 1.85. The molecule has 20 heavy (non-hydrogen) atoms. The molecule has 0 aliphatic carbocycles. The van der Waals surface area contributed by atoms with Crippen molar-refractivity contribution >= 4 is 17.5 Å². The van der Waals surface area contributed by atoms with Gasteiger partial charge in [-0.05, 0) is 18.6 Å². The summed E-state index contributed by atoms with van der Waals surface area (Å²) in [5.74, 6) is 1.62. The minimum absolute atomic E-state index is 0.467. The van der Waals surface area contributed by atoms with Crippen molar-refractivity contribution in [2.24, 2.45) is 0 Å². The van der Waals surface area contributed by atoms with Gasteiger partial charge in [-0.1, -0.05) is 29.8 Å². The van der Waals surface area contributed by atoms with Crippen molar-refractivity contribution in [2.75, 3.05) is 24.5 Å². The van der Waals surface area contributed by atoms with Crippen molar-refractivity contribution in [3.8, 4) is 0 Å². The number of nitrogens with zero attached hydrogens (tertiary/aromatic N) is 3. The highest BCUT2D eigenvalue weighted by Gasteiger charge is 2.19. The average Bonchev–Trinajstić information content (AvgIpc) is 2.90. The van der Waals surface area contributed by atoms with Gasteiger partial charge in [-0.2, -0.15) is 4.98 Å². The first kappa shape index (κ1) is 13.4. The Balaban J connectivity index is 1.72. The molecule has 1 aliphatic rings. The van der Waals surface area contributed by atoms with Crippen LogP contribution in [0.15, 0.2) is 24.3 Å². The first-order valence-corrected chi connectivity index (χ1v) is 7.23. The second kappa shape index (κ2) is 5.81. The Morgan fingerprint density at radius 1 is 1.40 bits per heavy atom. The van der Waals surface area contributed by atoms with Crippen molar-refractivity contribution in [3.63, 3.8) is 0 Å². The number of piperazine rings is 1. The molecule has 0 spiro atoms. The molecule has 1 aromatic carbocycles. The molecule has 0 bridgehead atoms. The van der Waals surface area contributed by atoms with Crippen LogP contribution in [0.4, 0.5) is 5.95 Å². The van der Waals surface area contributed by atoms with E-state index in [1.165, 1.54) is 0 Å². The number of hydrogen-bond acceptors (Lipinski definition) is 4. The van der Waals surface area contributed by atoms with Gasteiger partial charge in [0.05, 0.1) is 0 Å². The number of rotatable bonds is 3. The molecule has 2 N–H and O–H groups in total. The van der Waals surface area contributed by atoms with E-state index in [2.05, 4.69) is 32.3 Å². The fraction of sp³-hybridized carbons (Fsp3) is 0.429. The first-order chi connectivity index (χ1) is 9.72. The maximum absolute atomic E-state index is 6.17. The number of aromatic amines is 1. The summed E-state index contributed by atoms with van der Waals surface area (Å²) in [5.41, 5.74) is 1.06. The fourth-order valence-corrected chi connectivity index (χ4v) is 2.64. The fourth-order valence-electron chi connectivity index (χ4n) is 2.44. The van der Waals surface area contributed by atoms with Gasteiger partial charge in [0.15, 0.2) is 0 Å². The van der Waals surface area contributed by atoms with Crippen molar-refractivity contribution in [1.82, 2.24) is 20.5 Å². The summed E-state index contributed by atoms with van der Waals surface area (Å²) in [4.78, 5) is 6.78. The minimum Gasteiger partial charge on any atom is -0.337 e. The van der Waals surface area contributed by atoms with E-state index in [-0.39, 0.29) is 0 Å². The predicted molar refractivity (Wildman–Crippen MR) is 80.3 cm³/mol. The Morgan fingerprint density at radius 2 is 2.25 bits per heavy atom. The maximum Gasteiger partial charge on any atom is 0.244 e. The van der Waals surface area contributed by atoms with Gasteiger partial charge in [-0.3, -0.25) is 5.10 Å². The zero-order chi connectivity index (χ0) is 13.9. The quantitative estimate of drug-likeness (QED) is 0.906. The lowest BCUT2D eigenvalue weighted by atomic mass is 10.1. The second-order valence-electron chi connectivity index (χ2n) is 5.15. The van der Waals surface area contributed by atoms with Gasteiger partial charge in [-0.25, -0.2) is 0 Å². The lowest BCUT2D eigenvalue weighted by molar-refractivity contribution is 0.480. The van der Waals surface area contributed by atoms with Crippen molar-refractivity contribution in [1.29, 1.82) is 0 Å². The summed E-state index contributed by atoms with van der Waals surface area (Å²) in [6, 6.07) is 8.29. The highest BCUT2D eigenvalue weighted by atomic mass is 35.5. The standard InChI is InChI=1S/C14H18ClN5/c1-10-9-20(7-6-16-10)14-17-13(18-19-14)8-11-4-2-3-5-12(11)15/h2-5,10,16H,6-9H2,1H3,(H,17,18,19)/t10-/m0/s1. The molecule has 1 saturated heterocycles. The molecule has 6 heteroatoms. The number of H-pyrrole nitrogens is 1. The Morgan fingerprint density at radius 3 is 3.05 bits per heavy atom. The molecule has 0 radical (unpaired) electrons. The van der Waals surface area contributed by atoms with Gasteiger partial charge in [0.2, 0.25) is 5.95 Å². The molecule has 0 amide bonds. The molecule has 0 unspecified atom stereocenters. The number of nitrogens with one attached hydrogen (secondary N) is 2. The lowest BCUT2D eigenvalue weighted by Crippen LogP contribution is -2.49. The van der Waals surface area contributed by atoms with E-state index in [0.29, 0.717) is 12.5 Å². The molecule has 2 aromatic rings. The highest BCUT2D eigenvalue weighted by molar-refractivity contribution is 6.31. The molecule has 3 rings (SSSR count). The molecular weight excluding hydrogens is 274 g/mol. The number of aromatic nitrogens is 3. The van der Waals surface area contributed by atoms with Crippen LogP contribution in [-0.4, -0.2) is 40.9 Å². The molecule has 1 aliphatic heterocycles. The van der Waals surface area contributed by atoms with Crippen molar-refractivity contribution in [2.45, 2.75) is 19.4 Å². The van der Waals surface area contributed by atoms with E-state index in [1.807, 2.05) is 24.3 Å². The summed E-state index contributed by atoms with van der Waals surface area (Å²) in [6.07, 6.45) is 0.675. The van der Waals surface area contributed by atoms with Crippen LogP contribution < -0.4 is 10.2 Å². The van der Waals surface area contributed by atoms with E-state index in [4.69, 9.17) is 11.6 Å². The van der Waals surface area contributed by atoms with Crippen LogP contribution in [0.3, 0.4) is 0 Å². The van der Waals surface area contributed by atoms with Crippen molar-refractivity contribution < 1.29 is 0 Å². The van der Waals surface area contributed by atoms with E-state index in [9.17, 15) is 0 Å². The van der Waals surface area contributed by atoms with Crippen LogP contribution >= 0.6 is 11.6 Å². The van der Waals surface area contributed by atoms with Crippen LogP contribution in [0, 0.1) is 0 Å². The highest BCUT2D eigenvalue weighted by Crippen LogP contribution is 2.18. The Hall–Kier alpha value is -1.59. The summed E-state index contributed by atoms with van der Waals surface area (Å²) < 4.78 is 0. The Kier molecular flexibility index (Phi) is 3.89. The van der Waals surface area contributed by atoms with E-state index in [0.717, 1.165) is 42.0 Å². The zero-order valence-corrected chi connectivity index (χ0v) is 12.2. The normalized spacial score (nSPS) is 19.3. The third-order valence-corrected chi connectivity index (χ3v) is 3.86. The summed E-state index contributed by atoms with van der Waals surface area (Å²) in [7, 11) is 0. The molecular formula is C14H18ClN5. The third kappa shape index (κ3) is 2.94. The van der Waals surface area contributed by atoms with E-state index >= 15 is 0 Å². The number of halogens is 1. The SMILES string of the molecule is C[C@H]1CN(c2n[nH]c(Cc3ccccc3Cl)n2)CCN1. The van der Waals surface area contributed by atoms with E-state index < -0.39 is 0 Å². The van der Waals surface area contributed by atoms with Crippen LogP contribution in [0.1, 0.15) is 18.3 Å². The monoisotopic (exact) mass is 291 g/mol. The minimum atomic E-state index is 0.467. The van der Waals surface area contributed by atoms with Crippen LogP contribution in [0.2, 0.25) is 5.02 Å². The molecule has 1 aromatic heterocycles. The molecule has 106 valence electrons. The number of anilines is 1. The van der Waals surface area contributed by atoms with Gasteiger partial charge < -0.3 is 10.2 Å². The molecule has 0 saturated carbocycles. The Labute approximate surface area is 123 Å². The molecule has 1 atom stereocenters. The molecule has 2 heterocycles.